The first-order valence-electron chi connectivity index (χ1n) is 6.73. The number of benzene rings is 1. The van der Waals surface area contributed by atoms with Crippen molar-refractivity contribution < 1.29 is 44.8 Å². The van der Waals surface area contributed by atoms with E-state index in [0.717, 1.165) is 26.0 Å². The lowest BCUT2D eigenvalue weighted by atomic mass is 10.0. The predicted molar refractivity (Wildman–Crippen MR) is 77.7 cm³/mol. The fourth-order valence-corrected chi connectivity index (χ4v) is 2.21. The van der Waals surface area contributed by atoms with E-state index in [-0.39, 0.29) is 18.8 Å². The molecule has 1 rings (SSSR count). The van der Waals surface area contributed by atoms with Gasteiger partial charge in [0.05, 0.1) is 0 Å². The highest BCUT2D eigenvalue weighted by atomic mass is 32.2. The highest BCUT2D eigenvalue weighted by molar-refractivity contribution is 7.88. The average Bonchev–Trinajstić information content (AvgIpc) is 2.41. The monoisotopic (exact) mass is 384 g/mol. The highest BCUT2D eigenvalue weighted by Gasteiger charge is 2.48. The summed E-state index contributed by atoms with van der Waals surface area (Å²) >= 11 is 0. The molecular formula is C14H15F3O7S. The molecule has 0 saturated heterocycles. The van der Waals surface area contributed by atoms with Crippen LogP contribution in [-0.2, 0) is 42.4 Å². The molecule has 0 heterocycles. The van der Waals surface area contributed by atoms with Crippen LogP contribution in [0.3, 0.4) is 0 Å². The molecular weight excluding hydrogens is 369 g/mol. The zero-order chi connectivity index (χ0) is 19.4. The molecule has 0 saturated carbocycles. The predicted octanol–water partition coefficient (Wildman–Crippen LogP) is 2.35. The van der Waals surface area contributed by atoms with Gasteiger partial charge >= 0.3 is 27.6 Å². The minimum absolute atomic E-state index is 0.142. The van der Waals surface area contributed by atoms with E-state index in [0.29, 0.717) is 11.1 Å². The van der Waals surface area contributed by atoms with E-state index in [1.807, 2.05) is 0 Å². The first-order valence-corrected chi connectivity index (χ1v) is 8.14. The van der Waals surface area contributed by atoms with E-state index < -0.39 is 33.3 Å². The lowest BCUT2D eigenvalue weighted by Crippen LogP contribution is -2.28. The molecule has 0 aliphatic carbocycles. The van der Waals surface area contributed by atoms with Crippen molar-refractivity contribution in [2.75, 3.05) is 0 Å². The summed E-state index contributed by atoms with van der Waals surface area (Å²) in [4.78, 5) is 21.9. The third-order valence-corrected chi connectivity index (χ3v) is 3.86. The number of hydrogen-bond acceptors (Lipinski definition) is 7. The van der Waals surface area contributed by atoms with Crippen LogP contribution in [0.25, 0.3) is 0 Å². The number of rotatable bonds is 6. The van der Waals surface area contributed by atoms with Gasteiger partial charge in [0, 0.05) is 13.8 Å². The Bertz CT molecular complexity index is 769. The van der Waals surface area contributed by atoms with Crippen molar-refractivity contribution in [3.8, 4) is 5.75 Å². The molecule has 0 aliphatic heterocycles. The number of hydrogen-bond donors (Lipinski definition) is 0. The van der Waals surface area contributed by atoms with Gasteiger partial charge in [0.2, 0.25) is 0 Å². The third-order valence-electron chi connectivity index (χ3n) is 2.88. The Kier molecular flexibility index (Phi) is 6.41. The van der Waals surface area contributed by atoms with Gasteiger partial charge in [-0.3, -0.25) is 9.59 Å². The van der Waals surface area contributed by atoms with Gasteiger partial charge < -0.3 is 13.7 Å². The van der Waals surface area contributed by atoms with Crippen molar-refractivity contribution >= 4 is 22.1 Å². The Balaban J connectivity index is 3.25. The largest absolute Gasteiger partial charge is 0.534 e. The van der Waals surface area contributed by atoms with E-state index in [4.69, 9.17) is 9.47 Å². The van der Waals surface area contributed by atoms with Crippen LogP contribution in [0.2, 0.25) is 0 Å². The highest BCUT2D eigenvalue weighted by Crippen LogP contribution is 2.30. The molecule has 25 heavy (non-hydrogen) atoms. The Labute approximate surface area is 141 Å². The number of aryl methyl sites for hydroxylation is 1. The second-order valence-electron chi connectivity index (χ2n) is 4.92. The molecule has 1 aromatic rings. The molecule has 0 unspecified atom stereocenters. The smallest absolute Gasteiger partial charge is 0.461 e. The molecule has 140 valence electrons. The van der Waals surface area contributed by atoms with Crippen LogP contribution in [-0.4, -0.2) is 25.9 Å². The fraction of sp³-hybridized carbons (Fsp3) is 0.429. The summed E-state index contributed by atoms with van der Waals surface area (Å²) < 4.78 is 73.2. The van der Waals surface area contributed by atoms with Crippen molar-refractivity contribution in [3.63, 3.8) is 0 Å². The molecule has 11 heteroatoms. The molecule has 0 fully saturated rings. The van der Waals surface area contributed by atoms with Gasteiger partial charge in [0.25, 0.3) is 0 Å². The van der Waals surface area contributed by atoms with Crippen molar-refractivity contribution in [3.05, 3.63) is 28.8 Å². The van der Waals surface area contributed by atoms with Crippen LogP contribution >= 0.6 is 0 Å². The van der Waals surface area contributed by atoms with Crippen LogP contribution in [0.15, 0.2) is 12.1 Å². The molecule has 0 atom stereocenters. The normalized spacial score (nSPS) is 11.8. The van der Waals surface area contributed by atoms with E-state index >= 15 is 0 Å². The average molecular weight is 384 g/mol. The van der Waals surface area contributed by atoms with E-state index in [1.165, 1.54) is 6.92 Å². The number of carbonyl (C=O) groups is 2. The summed E-state index contributed by atoms with van der Waals surface area (Å²) in [5.74, 6) is -1.87. The number of halogens is 3. The first kappa shape index (κ1) is 20.7. The molecule has 0 spiro atoms. The van der Waals surface area contributed by atoms with Crippen LogP contribution in [0.4, 0.5) is 13.2 Å². The second-order valence-corrected chi connectivity index (χ2v) is 6.46. The zero-order valence-electron chi connectivity index (χ0n) is 13.5. The maximum Gasteiger partial charge on any atom is 0.534 e. The topological polar surface area (TPSA) is 96.0 Å². The minimum Gasteiger partial charge on any atom is -0.461 e. The second kappa shape index (κ2) is 7.72. The number of carbonyl (C=O) groups excluding carboxylic acids is 2. The van der Waals surface area contributed by atoms with Crippen LogP contribution < -0.4 is 4.18 Å². The van der Waals surface area contributed by atoms with E-state index in [1.54, 1.807) is 0 Å². The van der Waals surface area contributed by atoms with Gasteiger partial charge in [-0.2, -0.15) is 21.6 Å². The molecule has 0 bridgehead atoms. The maximum absolute atomic E-state index is 12.4. The number of esters is 2. The van der Waals surface area contributed by atoms with E-state index in [2.05, 4.69) is 4.18 Å². The summed E-state index contributed by atoms with van der Waals surface area (Å²) in [7, 11) is -5.85. The van der Waals surface area contributed by atoms with Crippen molar-refractivity contribution in [2.45, 2.75) is 39.5 Å². The lowest BCUT2D eigenvalue weighted by molar-refractivity contribution is -0.143. The minimum atomic E-state index is -5.85. The van der Waals surface area contributed by atoms with Crippen molar-refractivity contribution in [2.24, 2.45) is 0 Å². The molecule has 0 aromatic heterocycles. The van der Waals surface area contributed by atoms with Gasteiger partial charge in [0.1, 0.15) is 19.0 Å². The van der Waals surface area contributed by atoms with Crippen molar-refractivity contribution in [1.82, 2.24) is 0 Å². The number of ether oxygens (including phenoxy) is 2. The Morgan fingerprint density at radius 1 is 1.04 bits per heavy atom. The lowest BCUT2D eigenvalue weighted by Gasteiger charge is -2.16. The van der Waals surface area contributed by atoms with Crippen molar-refractivity contribution in [1.29, 1.82) is 0 Å². The first-order chi connectivity index (χ1) is 11.3. The summed E-state index contributed by atoms with van der Waals surface area (Å²) in [5, 5.41) is 0. The standard InChI is InChI=1S/C14H15F3O7S/c1-8-4-12(24-25(20,21)14(15,16)17)5-11(6-22-9(2)18)13(8)7-23-10(3)19/h4-5H,6-7H2,1-3H3. The zero-order valence-corrected chi connectivity index (χ0v) is 14.3. The SMILES string of the molecule is CC(=O)OCc1cc(OS(=O)(=O)C(F)(F)F)cc(C)c1COC(C)=O. The van der Waals surface area contributed by atoms with Crippen LogP contribution in [0, 0.1) is 6.92 Å². The molecule has 0 N–H and O–H groups in total. The Hall–Kier alpha value is -2.30. The number of alkyl halides is 3. The van der Waals surface area contributed by atoms with E-state index in [9.17, 15) is 31.2 Å². The maximum atomic E-state index is 12.4. The summed E-state index contributed by atoms with van der Waals surface area (Å²) in [5.41, 5.74) is -4.80. The van der Waals surface area contributed by atoms with Crippen LogP contribution in [0.5, 0.6) is 5.75 Å². The van der Waals surface area contributed by atoms with Gasteiger partial charge in [-0.15, -0.1) is 0 Å². The molecule has 1 aromatic carbocycles. The molecule has 0 amide bonds. The van der Waals surface area contributed by atoms with Gasteiger partial charge in [-0.1, -0.05) is 0 Å². The van der Waals surface area contributed by atoms with Crippen LogP contribution in [0.1, 0.15) is 30.5 Å². The summed E-state index contributed by atoms with van der Waals surface area (Å²) in [6.45, 7) is 3.13. The quantitative estimate of drug-likeness (QED) is 0.422. The third kappa shape index (κ3) is 5.93. The Morgan fingerprint density at radius 3 is 2.04 bits per heavy atom. The van der Waals surface area contributed by atoms with Gasteiger partial charge in [-0.05, 0) is 35.7 Å². The van der Waals surface area contributed by atoms with Gasteiger partial charge in [0.15, 0.2) is 0 Å². The molecule has 0 radical (unpaired) electrons. The summed E-state index contributed by atoms with van der Waals surface area (Å²) in [6.07, 6.45) is 0. The summed E-state index contributed by atoms with van der Waals surface area (Å²) in [6, 6.07) is 2.01. The molecule has 7 nitrogen and oxygen atoms in total. The fourth-order valence-electron chi connectivity index (χ4n) is 1.76. The molecule has 0 aliphatic rings. The van der Waals surface area contributed by atoms with Gasteiger partial charge in [-0.25, -0.2) is 0 Å². The Morgan fingerprint density at radius 2 is 1.56 bits per heavy atom.